The Morgan fingerprint density at radius 1 is 1.03 bits per heavy atom. The third-order valence-corrected chi connectivity index (χ3v) is 7.82. The average Bonchev–Trinajstić information content (AvgIpc) is 3.41. The van der Waals surface area contributed by atoms with Crippen LogP contribution in [-0.2, 0) is 12.3 Å². The highest BCUT2D eigenvalue weighted by molar-refractivity contribution is 7.98. The van der Waals surface area contributed by atoms with E-state index in [4.69, 9.17) is 15.7 Å². The molecule has 0 saturated carbocycles. The molecule has 3 aromatic heterocycles. The van der Waals surface area contributed by atoms with Crippen molar-refractivity contribution in [3.05, 3.63) is 52.2 Å². The number of nitrogens with one attached hydrogen (secondary N) is 1. The molecule has 0 amide bonds. The van der Waals surface area contributed by atoms with Crippen molar-refractivity contribution < 1.29 is 4.39 Å². The molecule has 1 saturated heterocycles. The Morgan fingerprint density at radius 2 is 1.79 bits per heavy atom. The maximum atomic E-state index is 13.2. The number of halogens is 1. The number of nitrogen functional groups attached to an aromatic ring is 1. The van der Waals surface area contributed by atoms with Gasteiger partial charge >= 0.3 is 0 Å². The summed E-state index contributed by atoms with van der Waals surface area (Å²) in [5, 5.41) is 5.09. The predicted octanol–water partition coefficient (Wildman–Crippen LogP) is 4.85. The van der Waals surface area contributed by atoms with E-state index in [1.54, 1.807) is 35.2 Å². The number of hydrogen-bond donors (Lipinski definition) is 2. The molecule has 0 atom stereocenters. The van der Waals surface area contributed by atoms with E-state index in [0.29, 0.717) is 23.2 Å². The second kappa shape index (κ2) is 9.77. The van der Waals surface area contributed by atoms with E-state index < -0.39 is 0 Å². The van der Waals surface area contributed by atoms with Gasteiger partial charge in [0, 0.05) is 16.0 Å². The summed E-state index contributed by atoms with van der Waals surface area (Å²) < 4.78 is 13.2. The fourth-order valence-corrected chi connectivity index (χ4v) is 6.00. The van der Waals surface area contributed by atoms with Crippen molar-refractivity contribution in [3.8, 4) is 0 Å². The first-order valence-corrected chi connectivity index (χ1v) is 12.9. The van der Waals surface area contributed by atoms with Crippen LogP contribution in [0.1, 0.15) is 34.9 Å². The Kier molecular flexibility index (Phi) is 6.57. The predicted molar refractivity (Wildman–Crippen MR) is 135 cm³/mol. The number of nitrogens with two attached hydrogens (primary N) is 1. The molecule has 0 radical (unpaired) electrons. The molecule has 1 aliphatic heterocycles. The lowest BCUT2D eigenvalue weighted by Gasteiger charge is -2.14. The molecule has 4 heterocycles. The maximum Gasteiger partial charge on any atom is 0.232 e. The Bertz CT molecular complexity index is 1320. The number of rotatable bonds is 7. The maximum absolute atomic E-state index is 13.2. The van der Waals surface area contributed by atoms with Gasteiger partial charge in [-0.25, -0.2) is 14.4 Å². The SMILES string of the molecule is Cc1sc2nc(CN3CCCC3)nc(SCc3nc(N)nc(Nc4ccc(F)cc4)n3)c2c1C. The first-order chi connectivity index (χ1) is 16.4. The van der Waals surface area contributed by atoms with Crippen molar-refractivity contribution in [2.45, 2.75) is 44.0 Å². The van der Waals surface area contributed by atoms with Crippen LogP contribution in [-0.4, -0.2) is 42.9 Å². The molecule has 1 fully saturated rings. The van der Waals surface area contributed by atoms with Crippen LogP contribution in [0, 0.1) is 19.7 Å². The molecule has 0 aliphatic carbocycles. The number of anilines is 3. The first-order valence-electron chi connectivity index (χ1n) is 11.1. The van der Waals surface area contributed by atoms with Crippen molar-refractivity contribution in [2.24, 2.45) is 0 Å². The molecule has 34 heavy (non-hydrogen) atoms. The molecule has 4 aromatic rings. The monoisotopic (exact) mass is 496 g/mol. The second-order valence-electron chi connectivity index (χ2n) is 8.25. The first kappa shape index (κ1) is 22.9. The zero-order chi connectivity index (χ0) is 23.7. The highest BCUT2D eigenvalue weighted by atomic mass is 32.2. The number of aromatic nitrogens is 5. The quantitative estimate of drug-likeness (QED) is 0.274. The van der Waals surface area contributed by atoms with E-state index in [1.165, 1.54) is 35.4 Å². The molecule has 0 unspecified atom stereocenters. The van der Waals surface area contributed by atoms with Crippen LogP contribution in [0.4, 0.5) is 22.0 Å². The Morgan fingerprint density at radius 3 is 2.56 bits per heavy atom. The number of nitrogens with zero attached hydrogens (tertiary/aromatic N) is 6. The molecule has 8 nitrogen and oxygen atoms in total. The standard InChI is InChI=1S/C23H25FN8S2/c1-13-14(2)34-21-19(13)20(27-17(28-21)11-32-9-3-4-10-32)33-12-18-29-22(25)31-23(30-18)26-16-7-5-15(24)6-8-16/h5-8H,3-4,9-12H2,1-2H3,(H3,25,26,29,30,31). The number of thiophene rings is 1. The Hall–Kier alpha value is -2.89. The van der Waals surface area contributed by atoms with Crippen LogP contribution < -0.4 is 11.1 Å². The highest BCUT2D eigenvalue weighted by Gasteiger charge is 2.19. The summed E-state index contributed by atoms with van der Waals surface area (Å²) in [5.74, 6) is 2.01. The van der Waals surface area contributed by atoms with Crippen LogP contribution in [0.15, 0.2) is 29.3 Å². The van der Waals surface area contributed by atoms with Crippen LogP contribution in [0.25, 0.3) is 10.2 Å². The molecule has 1 aromatic carbocycles. The third-order valence-electron chi connectivity index (χ3n) is 5.74. The number of fused-ring (bicyclic) bond motifs is 1. The smallest absolute Gasteiger partial charge is 0.232 e. The zero-order valence-corrected chi connectivity index (χ0v) is 20.6. The van der Waals surface area contributed by atoms with Gasteiger partial charge in [0.05, 0.1) is 12.3 Å². The summed E-state index contributed by atoms with van der Waals surface area (Å²) in [7, 11) is 0. The minimum atomic E-state index is -0.308. The minimum Gasteiger partial charge on any atom is -0.368 e. The molecule has 0 spiro atoms. The lowest BCUT2D eigenvalue weighted by molar-refractivity contribution is 0.322. The number of thioether (sulfide) groups is 1. The number of aryl methyl sites for hydroxylation is 2. The summed E-state index contributed by atoms with van der Waals surface area (Å²) >= 11 is 3.29. The lowest BCUT2D eigenvalue weighted by Crippen LogP contribution is -2.20. The highest BCUT2D eigenvalue weighted by Crippen LogP contribution is 2.36. The molecule has 5 rings (SSSR count). The topological polar surface area (TPSA) is 106 Å². The van der Waals surface area contributed by atoms with Gasteiger partial charge in [-0.1, -0.05) is 11.8 Å². The third kappa shape index (κ3) is 5.11. The van der Waals surface area contributed by atoms with Crippen molar-refractivity contribution in [1.82, 2.24) is 29.8 Å². The minimum absolute atomic E-state index is 0.125. The summed E-state index contributed by atoms with van der Waals surface area (Å²) in [6.45, 7) is 7.20. The molecule has 11 heteroatoms. The Balaban J connectivity index is 1.39. The van der Waals surface area contributed by atoms with Crippen LogP contribution >= 0.6 is 23.1 Å². The van der Waals surface area contributed by atoms with Gasteiger partial charge in [-0.05, 0) is 69.6 Å². The van der Waals surface area contributed by atoms with Gasteiger partial charge in [0.1, 0.15) is 27.3 Å². The molecule has 3 N–H and O–H groups in total. The van der Waals surface area contributed by atoms with E-state index in [9.17, 15) is 4.39 Å². The molecule has 176 valence electrons. The fraction of sp³-hybridized carbons (Fsp3) is 0.348. The van der Waals surface area contributed by atoms with Gasteiger partial charge in [-0.2, -0.15) is 15.0 Å². The summed E-state index contributed by atoms with van der Waals surface area (Å²) in [5.41, 5.74) is 7.82. The van der Waals surface area contributed by atoms with Crippen LogP contribution in [0.5, 0.6) is 0 Å². The molecular weight excluding hydrogens is 471 g/mol. The van der Waals surface area contributed by atoms with Gasteiger partial charge in [-0.15, -0.1) is 11.3 Å². The summed E-state index contributed by atoms with van der Waals surface area (Å²) in [6.07, 6.45) is 2.46. The average molecular weight is 497 g/mol. The zero-order valence-electron chi connectivity index (χ0n) is 19.0. The number of hydrogen-bond acceptors (Lipinski definition) is 10. The fourth-order valence-electron chi connectivity index (χ4n) is 3.92. The lowest BCUT2D eigenvalue weighted by atomic mass is 10.2. The van der Waals surface area contributed by atoms with E-state index in [1.807, 2.05) is 0 Å². The Labute approximate surface area is 205 Å². The van der Waals surface area contributed by atoms with Gasteiger partial charge < -0.3 is 11.1 Å². The van der Waals surface area contributed by atoms with Gasteiger partial charge in [-0.3, -0.25) is 4.90 Å². The van der Waals surface area contributed by atoms with E-state index in [-0.39, 0.29) is 11.8 Å². The number of benzene rings is 1. The van der Waals surface area contributed by atoms with Gasteiger partial charge in [0.2, 0.25) is 11.9 Å². The van der Waals surface area contributed by atoms with Crippen LogP contribution in [0.2, 0.25) is 0 Å². The normalized spacial score (nSPS) is 14.2. The van der Waals surface area contributed by atoms with Crippen molar-refractivity contribution in [1.29, 1.82) is 0 Å². The van der Waals surface area contributed by atoms with Crippen molar-refractivity contribution in [3.63, 3.8) is 0 Å². The van der Waals surface area contributed by atoms with E-state index in [2.05, 4.69) is 39.0 Å². The molecule has 0 bridgehead atoms. The summed E-state index contributed by atoms with van der Waals surface area (Å²) in [4.78, 5) is 27.5. The molecule has 1 aliphatic rings. The van der Waals surface area contributed by atoms with Crippen molar-refractivity contribution >= 4 is 50.9 Å². The number of likely N-dealkylation sites (tertiary alicyclic amines) is 1. The van der Waals surface area contributed by atoms with E-state index >= 15 is 0 Å². The summed E-state index contributed by atoms with van der Waals surface area (Å²) in [6, 6.07) is 5.97. The van der Waals surface area contributed by atoms with Gasteiger partial charge in [0.25, 0.3) is 0 Å². The van der Waals surface area contributed by atoms with E-state index in [0.717, 1.165) is 40.7 Å². The molecular formula is C23H25FN8S2. The second-order valence-corrected chi connectivity index (χ2v) is 10.4. The van der Waals surface area contributed by atoms with Crippen LogP contribution in [0.3, 0.4) is 0 Å². The van der Waals surface area contributed by atoms with Crippen molar-refractivity contribution in [2.75, 3.05) is 24.1 Å². The van der Waals surface area contributed by atoms with Gasteiger partial charge in [0.15, 0.2) is 0 Å². The largest absolute Gasteiger partial charge is 0.368 e.